The molecule has 0 radical (unpaired) electrons. The zero-order chi connectivity index (χ0) is 22.1. The Morgan fingerprint density at radius 3 is 1.50 bits per heavy atom. The molecule has 0 aromatic heterocycles. The van der Waals surface area contributed by atoms with Gasteiger partial charge in [-0.2, -0.15) is 0 Å². The first-order chi connectivity index (χ1) is 14.1. The summed E-state index contributed by atoms with van der Waals surface area (Å²) in [5.74, 6) is -0.353. The van der Waals surface area contributed by atoms with Crippen molar-refractivity contribution in [2.75, 3.05) is 0 Å². The Morgan fingerprint density at radius 2 is 1.17 bits per heavy atom. The average molecular weight is 452 g/mol. The molecule has 4 nitrogen and oxygen atoms in total. The molecule has 30 heavy (non-hydrogen) atoms. The molecule has 0 spiro atoms. The molecule has 168 valence electrons. The van der Waals surface area contributed by atoms with Crippen molar-refractivity contribution in [1.82, 2.24) is 0 Å². The Morgan fingerprint density at radius 1 is 0.767 bits per heavy atom. The maximum absolute atomic E-state index is 13.2. The quantitative estimate of drug-likeness (QED) is 0.425. The van der Waals surface area contributed by atoms with Crippen LogP contribution in [-0.2, 0) is 33.6 Å². The van der Waals surface area contributed by atoms with Gasteiger partial charge in [0.1, 0.15) is 0 Å². The second-order valence-corrected chi connectivity index (χ2v) is 14.7. The summed E-state index contributed by atoms with van der Waals surface area (Å²) in [6.07, 6.45) is 10.3. The Hall–Kier alpha value is -0.866. The summed E-state index contributed by atoms with van der Waals surface area (Å²) in [6.45, 7) is 10.8. The summed E-state index contributed by atoms with van der Waals surface area (Å²) in [5.41, 5.74) is 3.44. The van der Waals surface area contributed by atoms with Gasteiger partial charge < -0.3 is 0 Å². The van der Waals surface area contributed by atoms with Crippen molar-refractivity contribution in [3.8, 4) is 0 Å². The zero-order valence-corrected chi connectivity index (χ0v) is 21.4. The van der Waals surface area contributed by atoms with Gasteiger partial charge in [-0.25, -0.2) is 0 Å². The van der Waals surface area contributed by atoms with E-state index in [1.807, 2.05) is 5.23 Å². The molecule has 5 heteroatoms. The van der Waals surface area contributed by atoms with Crippen molar-refractivity contribution < 1.29 is 33.6 Å². The summed E-state index contributed by atoms with van der Waals surface area (Å²) < 4.78 is 13.8. The van der Waals surface area contributed by atoms with E-state index < -0.39 is 17.4 Å². The number of hydrogen-bond acceptors (Lipinski definition) is 4. The number of hydrogen-bond donors (Lipinski definition) is 0. The molecule has 3 aliphatic rings. The van der Waals surface area contributed by atoms with Gasteiger partial charge in [-0.05, 0) is 0 Å². The molecule has 0 saturated heterocycles. The molecule has 0 atom stereocenters. The van der Waals surface area contributed by atoms with Crippen LogP contribution in [0, 0.1) is 17.3 Å². The van der Waals surface area contributed by atoms with E-state index in [9.17, 15) is 9.59 Å². The normalized spacial score (nSPS) is 23.7. The van der Waals surface area contributed by atoms with E-state index in [0.717, 1.165) is 60.8 Å². The fourth-order valence-electron chi connectivity index (χ4n) is 5.85. The Kier molecular flexibility index (Phi) is 7.39. The van der Waals surface area contributed by atoms with E-state index in [1.54, 1.807) is 0 Å². The average Bonchev–Trinajstić information content (AvgIpc) is 2.88. The van der Waals surface area contributed by atoms with Crippen molar-refractivity contribution in [2.24, 2.45) is 17.3 Å². The van der Waals surface area contributed by atoms with Gasteiger partial charge in [0.05, 0.1) is 0 Å². The molecule has 3 rings (SSSR count). The van der Waals surface area contributed by atoms with Crippen molar-refractivity contribution in [1.29, 1.82) is 0 Å². The second kappa shape index (κ2) is 9.32. The van der Waals surface area contributed by atoms with Crippen LogP contribution in [0.2, 0.25) is 5.23 Å². The summed E-state index contributed by atoms with van der Waals surface area (Å²) in [6, 6.07) is 0. The Bertz CT molecular complexity index is 717. The molecule has 0 N–H and O–H groups in total. The molecule has 2 fully saturated rings. The van der Waals surface area contributed by atoms with Crippen LogP contribution in [0.4, 0.5) is 0 Å². The van der Waals surface area contributed by atoms with E-state index in [4.69, 9.17) is 6.64 Å². The van der Waals surface area contributed by atoms with Crippen molar-refractivity contribution in [3.05, 3.63) is 20.6 Å². The summed E-state index contributed by atoms with van der Waals surface area (Å²) in [5, 5.41) is 1.98. The van der Waals surface area contributed by atoms with Gasteiger partial charge in [0.15, 0.2) is 0 Å². The third-order valence-electron chi connectivity index (χ3n) is 7.98. The van der Waals surface area contributed by atoms with Crippen molar-refractivity contribution in [3.63, 3.8) is 0 Å². The van der Waals surface area contributed by atoms with Gasteiger partial charge in [0.2, 0.25) is 0 Å². The van der Waals surface area contributed by atoms with Crippen LogP contribution in [0.1, 0.15) is 98.8 Å². The van der Waals surface area contributed by atoms with E-state index in [-0.39, 0.29) is 29.2 Å². The van der Waals surface area contributed by atoms with Crippen LogP contribution in [0.3, 0.4) is 0 Å². The molecule has 0 aliphatic heterocycles. The van der Waals surface area contributed by atoms with Crippen molar-refractivity contribution >= 4 is 11.9 Å². The minimum atomic E-state index is -3.91. The predicted molar refractivity (Wildman–Crippen MR) is 116 cm³/mol. The van der Waals surface area contributed by atoms with Gasteiger partial charge in [-0.15, -0.1) is 0 Å². The fraction of sp³-hybridized carbons (Fsp3) is 0.760. The Labute approximate surface area is 187 Å². The summed E-state index contributed by atoms with van der Waals surface area (Å²) in [4.78, 5) is 26.4. The second-order valence-electron chi connectivity index (χ2n) is 10.3. The molecule has 0 bridgehead atoms. The van der Waals surface area contributed by atoms with Gasteiger partial charge in [0.25, 0.3) is 0 Å². The summed E-state index contributed by atoms with van der Waals surface area (Å²) in [7, 11) is 0. The monoisotopic (exact) mass is 452 g/mol. The standard InChI is InChI=1S/C10H15.2C7H12O2.CH3.Ti/c1-7-6-10(4,5)9(3)8(7)2;2*8-7(9)6-4-2-1-3-5-6;;/h1-5H3;2*6H,1-5H2,(H,8,9);1H3;/q;;;;+2/p-2. The van der Waals surface area contributed by atoms with Crippen LogP contribution in [0.25, 0.3) is 0 Å². The molecular formula is C25H40O4Ti. The topological polar surface area (TPSA) is 52.6 Å². The van der Waals surface area contributed by atoms with E-state index in [1.165, 1.54) is 24.0 Å². The van der Waals surface area contributed by atoms with Gasteiger partial charge in [-0.1, -0.05) is 0 Å². The predicted octanol–water partition coefficient (Wildman–Crippen LogP) is 6.92. The van der Waals surface area contributed by atoms with Gasteiger partial charge in [-0.3, -0.25) is 0 Å². The Balaban J connectivity index is 1.92. The first kappa shape index (κ1) is 23.8. The number of rotatable bonds is 5. The minimum absolute atomic E-state index is 0.0438. The number of allylic oxidation sites excluding steroid dienone is 4. The van der Waals surface area contributed by atoms with E-state index in [0.29, 0.717) is 0 Å². The van der Waals surface area contributed by atoms with Crippen LogP contribution in [-0.4, -0.2) is 11.9 Å². The molecule has 0 heterocycles. The summed E-state index contributed by atoms with van der Waals surface area (Å²) >= 11 is -3.91. The number of carbonyl (C=O) groups excluding carboxylic acids is 2. The first-order valence-corrected chi connectivity index (χ1v) is 15.6. The van der Waals surface area contributed by atoms with Gasteiger partial charge in [0, 0.05) is 0 Å². The molecule has 0 aromatic carbocycles. The third kappa shape index (κ3) is 4.65. The van der Waals surface area contributed by atoms with Crippen LogP contribution in [0.5, 0.6) is 0 Å². The van der Waals surface area contributed by atoms with E-state index >= 15 is 0 Å². The van der Waals surface area contributed by atoms with Crippen LogP contribution < -0.4 is 0 Å². The van der Waals surface area contributed by atoms with Crippen LogP contribution >= 0.6 is 0 Å². The SMILES string of the molecule is CC1=C(C)C(C)(C)[C]([Ti]([CH3])([O]C(=O)C2CCCCC2)[O]C(=O)C2CCCCC2)=C1C. The number of carbonyl (C=O) groups is 2. The zero-order valence-electron chi connectivity index (χ0n) is 19.9. The molecule has 2 saturated carbocycles. The molecule has 0 amide bonds. The third-order valence-corrected chi connectivity index (χ3v) is 12.8. The first-order valence-electron chi connectivity index (χ1n) is 11.9. The molecule has 3 aliphatic carbocycles. The van der Waals surface area contributed by atoms with Crippen molar-refractivity contribution in [2.45, 2.75) is 104 Å². The molecular weight excluding hydrogens is 412 g/mol. The van der Waals surface area contributed by atoms with Crippen LogP contribution in [0.15, 0.2) is 20.6 Å². The molecule has 0 unspecified atom stereocenters. The fourth-order valence-corrected chi connectivity index (χ4v) is 11.4. The van der Waals surface area contributed by atoms with E-state index in [2.05, 4.69) is 34.6 Å². The molecule has 0 aromatic rings. The van der Waals surface area contributed by atoms with Gasteiger partial charge >= 0.3 is 187 Å². The maximum atomic E-state index is 13.2.